The fourth-order valence-electron chi connectivity index (χ4n) is 3.66. The minimum Gasteiger partial charge on any atom is -0.481 e. The molecule has 1 aliphatic heterocycles. The van der Waals surface area contributed by atoms with Crippen LogP contribution < -0.4 is 15.5 Å². The van der Waals surface area contributed by atoms with E-state index in [-0.39, 0.29) is 31.1 Å². The van der Waals surface area contributed by atoms with Gasteiger partial charge in [-0.1, -0.05) is 42.5 Å². The number of aromatic nitrogens is 2. The minimum atomic E-state index is -0.980. The Morgan fingerprint density at radius 2 is 1.88 bits per heavy atom. The molecule has 33 heavy (non-hydrogen) atoms. The number of carboxylic acid groups (broad SMARTS) is 1. The van der Waals surface area contributed by atoms with Gasteiger partial charge in [-0.05, 0) is 36.1 Å². The number of anilines is 3. The van der Waals surface area contributed by atoms with E-state index in [1.807, 2.05) is 30.3 Å². The average molecular weight is 449 g/mol. The van der Waals surface area contributed by atoms with E-state index in [0.29, 0.717) is 24.0 Å². The van der Waals surface area contributed by atoms with E-state index >= 15 is 0 Å². The van der Waals surface area contributed by atoms with Crippen LogP contribution in [0.4, 0.5) is 21.8 Å². The zero-order valence-electron chi connectivity index (χ0n) is 17.9. The van der Waals surface area contributed by atoms with Crippen LogP contribution in [-0.2, 0) is 22.6 Å². The molecular weight excluding hydrogens is 425 g/mol. The van der Waals surface area contributed by atoms with Crippen molar-refractivity contribution in [1.29, 1.82) is 0 Å². The van der Waals surface area contributed by atoms with E-state index in [9.17, 15) is 14.0 Å². The van der Waals surface area contributed by atoms with Gasteiger partial charge in [-0.2, -0.15) is 4.98 Å². The molecule has 8 nitrogen and oxygen atoms in total. The molecule has 2 aromatic carbocycles. The topological polar surface area (TPSA) is 107 Å². The fourth-order valence-corrected chi connectivity index (χ4v) is 3.66. The van der Waals surface area contributed by atoms with Gasteiger partial charge < -0.3 is 20.6 Å². The summed E-state index contributed by atoms with van der Waals surface area (Å²) in [7, 11) is 0. The quantitative estimate of drug-likeness (QED) is 0.459. The second-order valence-corrected chi connectivity index (χ2v) is 7.77. The van der Waals surface area contributed by atoms with Crippen molar-refractivity contribution in [2.45, 2.75) is 31.8 Å². The maximum absolute atomic E-state index is 13.3. The third kappa shape index (κ3) is 5.62. The van der Waals surface area contributed by atoms with Gasteiger partial charge >= 0.3 is 5.97 Å². The first-order valence-corrected chi connectivity index (χ1v) is 10.7. The smallest absolute Gasteiger partial charge is 0.303 e. The number of nitrogens with one attached hydrogen (secondary N) is 2. The van der Waals surface area contributed by atoms with Crippen molar-refractivity contribution >= 4 is 29.3 Å². The molecule has 0 fully saturated rings. The van der Waals surface area contributed by atoms with Gasteiger partial charge in [0.1, 0.15) is 17.5 Å². The van der Waals surface area contributed by atoms with Gasteiger partial charge in [-0.25, -0.2) is 9.37 Å². The third-order valence-corrected chi connectivity index (χ3v) is 5.38. The Kier molecular flexibility index (Phi) is 6.77. The molecule has 0 saturated heterocycles. The van der Waals surface area contributed by atoms with Crippen LogP contribution in [0, 0.1) is 5.82 Å². The minimum absolute atomic E-state index is 0.119. The highest BCUT2D eigenvalue weighted by Crippen LogP contribution is 2.32. The van der Waals surface area contributed by atoms with Crippen molar-refractivity contribution in [3.05, 3.63) is 77.7 Å². The molecule has 3 aromatic rings. The van der Waals surface area contributed by atoms with Crippen LogP contribution in [-0.4, -0.2) is 39.5 Å². The zero-order valence-corrected chi connectivity index (χ0v) is 17.9. The van der Waals surface area contributed by atoms with Crippen LogP contribution in [0.2, 0.25) is 0 Å². The van der Waals surface area contributed by atoms with Gasteiger partial charge in [0.05, 0.1) is 12.7 Å². The number of fused-ring (bicyclic) bond motifs is 1. The monoisotopic (exact) mass is 449 g/mol. The van der Waals surface area contributed by atoms with E-state index in [0.717, 1.165) is 12.0 Å². The first-order chi connectivity index (χ1) is 16.0. The van der Waals surface area contributed by atoms with Crippen molar-refractivity contribution in [3.8, 4) is 0 Å². The summed E-state index contributed by atoms with van der Waals surface area (Å²) in [4.78, 5) is 34.6. The lowest BCUT2D eigenvalue weighted by Gasteiger charge is -2.34. The maximum Gasteiger partial charge on any atom is 0.303 e. The Hall–Kier alpha value is -4.01. The van der Waals surface area contributed by atoms with Crippen molar-refractivity contribution in [1.82, 2.24) is 9.97 Å². The molecule has 170 valence electrons. The van der Waals surface area contributed by atoms with E-state index in [4.69, 9.17) is 5.11 Å². The number of amides is 1. The molecule has 1 aliphatic rings. The Labute approximate surface area is 190 Å². The number of halogens is 1. The van der Waals surface area contributed by atoms with Crippen LogP contribution in [0.25, 0.3) is 0 Å². The molecule has 0 aliphatic carbocycles. The summed E-state index contributed by atoms with van der Waals surface area (Å²) < 4.78 is 13.3. The average Bonchev–Trinajstić information content (AvgIpc) is 2.81. The van der Waals surface area contributed by atoms with Crippen LogP contribution in [0.3, 0.4) is 0 Å². The molecule has 0 bridgehead atoms. The Morgan fingerprint density at radius 3 is 2.61 bits per heavy atom. The Bertz CT molecular complexity index is 1120. The van der Waals surface area contributed by atoms with Crippen LogP contribution in [0.15, 0.2) is 60.8 Å². The Balaban J connectivity index is 1.53. The van der Waals surface area contributed by atoms with Crippen molar-refractivity contribution in [2.75, 3.05) is 22.1 Å². The summed E-state index contributed by atoms with van der Waals surface area (Å²) in [5.41, 5.74) is 2.41. The van der Waals surface area contributed by atoms with Gasteiger partial charge in [-0.3, -0.25) is 9.59 Å². The van der Waals surface area contributed by atoms with E-state index < -0.39 is 12.0 Å². The highest BCUT2D eigenvalue weighted by Gasteiger charge is 2.34. The predicted molar refractivity (Wildman–Crippen MR) is 123 cm³/mol. The molecule has 1 atom stereocenters. The maximum atomic E-state index is 13.3. The van der Waals surface area contributed by atoms with Crippen molar-refractivity contribution in [2.24, 2.45) is 0 Å². The molecular formula is C24H24FN5O3. The molecule has 1 aromatic heterocycles. The number of carboxylic acids is 1. The highest BCUT2D eigenvalue weighted by atomic mass is 19.1. The number of benzene rings is 2. The Morgan fingerprint density at radius 1 is 1.12 bits per heavy atom. The molecule has 0 unspecified atom stereocenters. The van der Waals surface area contributed by atoms with Crippen molar-refractivity contribution in [3.63, 3.8) is 0 Å². The lowest BCUT2D eigenvalue weighted by atomic mass is 10.1. The SMILES string of the molecule is O=C(O)CC[C@@H]1Nc2nc(NCCc3ccccc3)ncc2N(Cc2ccc(F)cc2)C1=O. The lowest BCUT2D eigenvalue weighted by molar-refractivity contribution is -0.137. The van der Waals surface area contributed by atoms with Crippen LogP contribution in [0.1, 0.15) is 24.0 Å². The standard InChI is InChI=1S/C24H24FN5O3/c25-18-8-6-17(7-9-18)15-30-20-14-27-24(26-13-12-16-4-2-1-3-5-16)29-22(20)28-19(23(30)33)10-11-21(31)32/h1-9,14,19H,10-13,15H2,(H,31,32)(H2,26,27,28,29)/t19-/m0/s1. The summed E-state index contributed by atoms with van der Waals surface area (Å²) >= 11 is 0. The van der Waals surface area contributed by atoms with Crippen LogP contribution >= 0.6 is 0 Å². The molecule has 1 amide bonds. The largest absolute Gasteiger partial charge is 0.481 e. The summed E-state index contributed by atoms with van der Waals surface area (Å²) in [6.45, 7) is 0.824. The fraction of sp³-hybridized carbons (Fsp3) is 0.250. The molecule has 0 spiro atoms. The normalized spacial score (nSPS) is 15.0. The number of hydrogen-bond acceptors (Lipinski definition) is 6. The summed E-state index contributed by atoms with van der Waals surface area (Å²) in [6.07, 6.45) is 2.32. The first kappa shape index (κ1) is 22.2. The van der Waals surface area contributed by atoms with Gasteiger partial charge in [0, 0.05) is 13.0 Å². The third-order valence-electron chi connectivity index (χ3n) is 5.38. The number of rotatable bonds is 9. The summed E-state index contributed by atoms with van der Waals surface area (Å²) in [5, 5.41) is 15.3. The molecule has 4 rings (SSSR count). The van der Waals surface area contributed by atoms with Crippen LogP contribution in [0.5, 0.6) is 0 Å². The number of hydrogen-bond donors (Lipinski definition) is 3. The molecule has 0 saturated carbocycles. The predicted octanol–water partition coefficient (Wildman–Crippen LogP) is 3.46. The zero-order chi connectivity index (χ0) is 23.2. The van der Waals surface area contributed by atoms with Gasteiger partial charge in [0.2, 0.25) is 11.9 Å². The first-order valence-electron chi connectivity index (χ1n) is 10.7. The molecule has 0 radical (unpaired) electrons. The van der Waals surface area contributed by atoms with E-state index in [2.05, 4.69) is 20.6 Å². The van der Waals surface area contributed by atoms with Gasteiger partial charge in [0.25, 0.3) is 0 Å². The second kappa shape index (κ2) is 10.1. The highest BCUT2D eigenvalue weighted by molar-refractivity contribution is 6.04. The second-order valence-electron chi connectivity index (χ2n) is 7.77. The molecule has 2 heterocycles. The lowest BCUT2D eigenvalue weighted by Crippen LogP contribution is -2.47. The van der Waals surface area contributed by atoms with E-state index in [1.54, 1.807) is 18.3 Å². The number of aliphatic carboxylic acids is 1. The van der Waals surface area contributed by atoms with E-state index in [1.165, 1.54) is 22.6 Å². The number of carbonyl (C=O) groups is 2. The van der Waals surface area contributed by atoms with Gasteiger partial charge in [0.15, 0.2) is 5.82 Å². The number of carbonyl (C=O) groups excluding carboxylic acids is 1. The summed E-state index contributed by atoms with van der Waals surface area (Å²) in [6, 6.07) is 15.2. The number of nitrogens with zero attached hydrogens (tertiary/aromatic N) is 3. The molecule has 3 N–H and O–H groups in total. The molecule has 9 heteroatoms. The van der Waals surface area contributed by atoms with Crippen molar-refractivity contribution < 1.29 is 19.1 Å². The summed E-state index contributed by atoms with van der Waals surface area (Å²) in [5.74, 6) is -0.762. The van der Waals surface area contributed by atoms with Gasteiger partial charge in [-0.15, -0.1) is 0 Å².